The number of hydrogen-bond acceptors (Lipinski definition) is 12. The van der Waals surface area contributed by atoms with Crippen LogP contribution in [0.4, 0.5) is 14.4 Å². The van der Waals surface area contributed by atoms with Gasteiger partial charge in [-0.3, -0.25) is 0 Å². The van der Waals surface area contributed by atoms with E-state index >= 15 is 0 Å². The van der Waals surface area contributed by atoms with Crippen LogP contribution in [0.2, 0.25) is 0 Å². The van der Waals surface area contributed by atoms with Crippen molar-refractivity contribution < 1.29 is 47.9 Å². The summed E-state index contributed by atoms with van der Waals surface area (Å²) in [5.41, 5.74) is 2.46. The zero-order valence-corrected chi connectivity index (χ0v) is 34.0. The second kappa shape index (κ2) is 17.2. The molecule has 0 saturated carbocycles. The van der Waals surface area contributed by atoms with Gasteiger partial charge in [0.15, 0.2) is 14.7 Å². The number of carbonyl (C=O) groups is 3. The normalized spacial score (nSPS) is 11.5. The Morgan fingerprint density at radius 1 is 0.472 bits per heavy atom. The maximum atomic E-state index is 12.6. The summed E-state index contributed by atoms with van der Waals surface area (Å²) in [5.74, 6) is 1.30. The lowest BCUT2D eigenvalue weighted by Crippen LogP contribution is -2.26. The molecule has 3 aromatic carbocycles. The molecule has 0 radical (unpaired) electrons. The van der Waals surface area contributed by atoms with Crippen LogP contribution in [0.5, 0.6) is 17.2 Å². The molecule has 0 atom stereocenters. The van der Waals surface area contributed by atoms with Crippen molar-refractivity contribution in [3.05, 3.63) is 85.1 Å². The number of aryl methyl sites for hydroxylation is 6. The van der Waals surface area contributed by atoms with Gasteiger partial charge in [0.2, 0.25) is 0 Å². The first kappa shape index (κ1) is 44.2. The molecule has 13 nitrogen and oxygen atoms in total. The van der Waals surface area contributed by atoms with Crippen molar-refractivity contribution in [2.75, 3.05) is 0 Å². The first-order chi connectivity index (χ1) is 24.1. The zero-order chi connectivity index (χ0) is 40.8. The fraction of sp³-hybridized carbons (Fsp3) is 0.462. The highest BCUT2D eigenvalue weighted by molar-refractivity contribution is 7.97. The van der Waals surface area contributed by atoms with Crippen molar-refractivity contribution in [2.45, 2.75) is 135 Å². The second-order valence-electron chi connectivity index (χ2n) is 15.4. The predicted molar refractivity (Wildman–Crippen MR) is 201 cm³/mol. The van der Waals surface area contributed by atoms with E-state index in [9.17, 15) is 14.4 Å². The van der Waals surface area contributed by atoms with E-state index in [2.05, 4.69) is 0 Å². The monoisotopic (exact) mass is 757 g/mol. The van der Waals surface area contributed by atoms with Gasteiger partial charge in [-0.15, -0.1) is 0 Å². The van der Waals surface area contributed by atoms with E-state index in [1.165, 1.54) is 0 Å². The summed E-state index contributed by atoms with van der Waals surface area (Å²) in [6.45, 7) is 27.4. The van der Waals surface area contributed by atoms with Crippen molar-refractivity contribution in [1.82, 2.24) is 0 Å². The van der Waals surface area contributed by atoms with Crippen LogP contribution in [0.3, 0.4) is 0 Å². The SMILES string of the molecule is Cc1cc([S+](c2cc(C)c(OC(=O)OC(C)(C)C)c(C)c2)c2cc(C)c(OC(=O)OC(C)(C)C)c(C)c2)cc(C)c1OC(=O)OC(C)(C)C.O=[N+]([O-])[O-]. The van der Waals surface area contributed by atoms with Crippen LogP contribution in [-0.2, 0) is 25.1 Å². The maximum absolute atomic E-state index is 12.6. The molecular formula is C39H51NO12S. The summed E-state index contributed by atoms with van der Waals surface area (Å²) >= 11 is 0. The lowest BCUT2D eigenvalue weighted by Gasteiger charge is -2.21. The topological polar surface area (TPSA) is 173 Å². The van der Waals surface area contributed by atoms with E-state index in [0.29, 0.717) is 17.2 Å². The van der Waals surface area contributed by atoms with Gasteiger partial charge >= 0.3 is 18.5 Å². The molecule has 0 saturated heterocycles. The largest absolute Gasteiger partial charge is 0.514 e. The number of carbonyl (C=O) groups excluding carboxylic acids is 3. The second-order valence-corrected chi connectivity index (χ2v) is 17.4. The molecule has 0 unspecified atom stereocenters. The lowest BCUT2D eigenvalue weighted by atomic mass is 10.1. The molecule has 14 heteroatoms. The van der Waals surface area contributed by atoms with Crippen molar-refractivity contribution >= 4 is 29.4 Å². The average Bonchev–Trinajstić information content (AvgIpc) is 2.92. The van der Waals surface area contributed by atoms with E-state index in [4.69, 9.17) is 43.7 Å². The highest BCUT2D eigenvalue weighted by Crippen LogP contribution is 2.40. The van der Waals surface area contributed by atoms with Crippen LogP contribution in [0.1, 0.15) is 95.7 Å². The van der Waals surface area contributed by atoms with Gasteiger partial charge in [0, 0.05) is 36.4 Å². The van der Waals surface area contributed by atoms with Crippen molar-refractivity contribution in [3.8, 4) is 17.2 Å². The van der Waals surface area contributed by atoms with Crippen LogP contribution in [0, 0.1) is 56.9 Å². The molecule has 0 amide bonds. The highest BCUT2D eigenvalue weighted by Gasteiger charge is 2.34. The number of benzene rings is 3. The Morgan fingerprint density at radius 3 is 0.792 bits per heavy atom. The number of rotatable bonds is 6. The van der Waals surface area contributed by atoms with Gasteiger partial charge in [0.25, 0.3) is 0 Å². The van der Waals surface area contributed by atoms with E-state index in [1.807, 2.05) is 77.9 Å². The predicted octanol–water partition coefficient (Wildman–Crippen LogP) is 10.3. The Morgan fingerprint density at radius 2 is 0.642 bits per heavy atom. The third kappa shape index (κ3) is 14.2. The molecule has 0 bridgehead atoms. The average molecular weight is 758 g/mol. The minimum atomic E-state index is -1.75. The molecule has 3 rings (SSSR count). The molecule has 53 heavy (non-hydrogen) atoms. The maximum Gasteiger partial charge on any atom is 0.514 e. The van der Waals surface area contributed by atoms with E-state index in [0.717, 1.165) is 48.1 Å². The van der Waals surface area contributed by atoms with Crippen LogP contribution in [0.25, 0.3) is 0 Å². The molecule has 0 heterocycles. The number of nitrogens with zero attached hydrogens (tertiary/aromatic N) is 1. The standard InChI is InChI=1S/C39H51O9S.NO3/c1-22-16-28(17-23(2)31(22)43-34(40)46-37(7,8)9)49(29-18-24(3)32(25(4)19-29)44-35(41)47-38(10,11)12)30-20-26(5)33(27(6)21-30)45-36(42)48-39(13,14)15;2-1(3)4/h16-21H,1-15H3;/q+1;-1. The Hall–Kier alpha value is -4.98. The Bertz CT molecular complexity index is 1570. The van der Waals surface area contributed by atoms with E-state index in [-0.39, 0.29) is 0 Å². The first-order valence-corrected chi connectivity index (χ1v) is 17.9. The van der Waals surface area contributed by atoms with Crippen molar-refractivity contribution in [3.63, 3.8) is 0 Å². The third-order valence-corrected chi connectivity index (χ3v) is 8.85. The molecule has 0 aliphatic carbocycles. The molecule has 0 N–H and O–H groups in total. The van der Waals surface area contributed by atoms with Gasteiger partial charge in [-0.2, -0.15) is 0 Å². The molecule has 290 valence electrons. The molecule has 3 aromatic rings. The Balaban J connectivity index is 0.00000231. The van der Waals surface area contributed by atoms with Gasteiger partial charge in [0.05, 0.1) is 16.0 Å². The molecule has 0 aliphatic rings. The third-order valence-electron chi connectivity index (χ3n) is 6.73. The number of hydrogen-bond donors (Lipinski definition) is 0. The minimum Gasteiger partial charge on any atom is -0.428 e. The van der Waals surface area contributed by atoms with Gasteiger partial charge in [-0.25, -0.2) is 14.4 Å². The first-order valence-electron chi connectivity index (χ1n) is 16.7. The van der Waals surface area contributed by atoms with Crippen LogP contribution < -0.4 is 14.2 Å². The Labute approximate surface area is 314 Å². The summed E-state index contributed by atoms with van der Waals surface area (Å²) < 4.78 is 33.2. The molecule has 0 spiro atoms. The molecular weight excluding hydrogens is 706 g/mol. The quantitative estimate of drug-likeness (QED) is 0.0582. The smallest absolute Gasteiger partial charge is 0.428 e. The van der Waals surface area contributed by atoms with Crippen molar-refractivity contribution in [1.29, 1.82) is 0 Å². The van der Waals surface area contributed by atoms with Crippen LogP contribution in [0.15, 0.2) is 51.1 Å². The summed E-state index contributed by atoms with van der Waals surface area (Å²) in [4.78, 5) is 48.9. The summed E-state index contributed by atoms with van der Waals surface area (Å²) in [6.07, 6.45) is -2.32. The fourth-order valence-electron chi connectivity index (χ4n) is 5.04. The van der Waals surface area contributed by atoms with Crippen molar-refractivity contribution in [2.24, 2.45) is 0 Å². The van der Waals surface area contributed by atoms with E-state index in [1.54, 1.807) is 62.3 Å². The summed E-state index contributed by atoms with van der Waals surface area (Å²) in [5, 5.41) is 14.8. The lowest BCUT2D eigenvalue weighted by molar-refractivity contribution is -0.402. The van der Waals surface area contributed by atoms with Gasteiger partial charge < -0.3 is 43.7 Å². The van der Waals surface area contributed by atoms with Gasteiger partial charge in [-0.05, 0) is 137 Å². The van der Waals surface area contributed by atoms with Crippen LogP contribution in [-0.4, -0.2) is 40.4 Å². The molecule has 0 fully saturated rings. The van der Waals surface area contributed by atoms with Gasteiger partial charge in [-0.1, -0.05) is 0 Å². The summed E-state index contributed by atoms with van der Waals surface area (Å²) in [6, 6.07) is 12.0. The van der Waals surface area contributed by atoms with Gasteiger partial charge in [0.1, 0.15) is 34.1 Å². The highest BCUT2D eigenvalue weighted by atomic mass is 32.2. The zero-order valence-electron chi connectivity index (χ0n) is 33.2. The number of ether oxygens (including phenoxy) is 6. The molecule has 0 aliphatic heterocycles. The summed E-state index contributed by atoms with van der Waals surface area (Å²) in [7, 11) is -0.702. The van der Waals surface area contributed by atoms with E-state index < -0.39 is 51.3 Å². The Kier molecular flexibility index (Phi) is 14.4. The fourth-order valence-corrected chi connectivity index (χ4v) is 7.62. The molecule has 0 aromatic heterocycles. The van der Waals surface area contributed by atoms with Crippen LogP contribution >= 0.6 is 0 Å². The minimum absolute atomic E-state index is 0.434.